The summed E-state index contributed by atoms with van der Waals surface area (Å²) in [7, 11) is 0. The van der Waals surface area contributed by atoms with Crippen LogP contribution in [0.15, 0.2) is 29.4 Å². The third kappa shape index (κ3) is 3.24. The van der Waals surface area contributed by atoms with Crippen molar-refractivity contribution in [3.8, 4) is 0 Å². The lowest BCUT2D eigenvalue weighted by atomic mass is 9.95. The van der Waals surface area contributed by atoms with E-state index >= 15 is 0 Å². The fourth-order valence-electron chi connectivity index (χ4n) is 2.41. The summed E-state index contributed by atoms with van der Waals surface area (Å²) in [5, 5.41) is 14.8. The third-order valence-electron chi connectivity index (χ3n) is 3.84. The van der Waals surface area contributed by atoms with E-state index in [0.717, 1.165) is 12.0 Å². The number of halogens is 3. The summed E-state index contributed by atoms with van der Waals surface area (Å²) in [6, 6.07) is 6.51. The summed E-state index contributed by atoms with van der Waals surface area (Å²) in [6.45, 7) is 5.03. The fourth-order valence-corrected chi connectivity index (χ4v) is 2.41. The minimum Gasteiger partial charge on any atom is -0.365 e. The van der Waals surface area contributed by atoms with Crippen LogP contribution >= 0.6 is 0 Å². The molecule has 23 heavy (non-hydrogen) atoms. The van der Waals surface area contributed by atoms with Crippen LogP contribution in [0, 0.1) is 5.92 Å². The van der Waals surface area contributed by atoms with Crippen molar-refractivity contribution >= 4 is 11.6 Å². The monoisotopic (exact) mass is 328 g/mol. The lowest BCUT2D eigenvalue weighted by Crippen LogP contribution is -2.45. The summed E-state index contributed by atoms with van der Waals surface area (Å²) in [6.07, 6.45) is -4.71. The molecule has 1 aliphatic heterocycles. The SMILES string of the molecule is CCc1ccc([C@]2(O)CC(C(F)(F)F)=NN2C(=O)C(C)C)cc1. The molecule has 0 aliphatic carbocycles. The number of amides is 1. The predicted molar refractivity (Wildman–Crippen MR) is 79.5 cm³/mol. The molecular weight excluding hydrogens is 309 g/mol. The molecule has 1 N–H and O–H groups in total. The minimum atomic E-state index is -4.69. The van der Waals surface area contributed by atoms with Gasteiger partial charge in [-0.15, -0.1) is 0 Å². The van der Waals surface area contributed by atoms with E-state index in [2.05, 4.69) is 5.10 Å². The van der Waals surface area contributed by atoms with Gasteiger partial charge in [0.05, 0.1) is 6.42 Å². The second kappa shape index (κ2) is 5.96. The molecule has 0 saturated heterocycles. The number of hydrogen-bond acceptors (Lipinski definition) is 3. The van der Waals surface area contributed by atoms with Gasteiger partial charge in [0.2, 0.25) is 5.91 Å². The Morgan fingerprint density at radius 1 is 1.35 bits per heavy atom. The van der Waals surface area contributed by atoms with Gasteiger partial charge in [-0.1, -0.05) is 45.0 Å². The van der Waals surface area contributed by atoms with Crippen molar-refractivity contribution in [1.29, 1.82) is 0 Å². The Morgan fingerprint density at radius 3 is 2.35 bits per heavy atom. The van der Waals surface area contributed by atoms with Gasteiger partial charge in [0, 0.05) is 11.5 Å². The van der Waals surface area contributed by atoms with Gasteiger partial charge in [0.15, 0.2) is 5.72 Å². The number of hydrogen-bond donors (Lipinski definition) is 1. The molecule has 0 spiro atoms. The van der Waals surface area contributed by atoms with E-state index in [1.54, 1.807) is 26.0 Å². The van der Waals surface area contributed by atoms with Crippen LogP contribution in [0.5, 0.6) is 0 Å². The minimum absolute atomic E-state index is 0.215. The van der Waals surface area contributed by atoms with E-state index in [4.69, 9.17) is 0 Å². The van der Waals surface area contributed by atoms with Crippen LogP contribution in [0.1, 0.15) is 38.3 Å². The van der Waals surface area contributed by atoms with E-state index in [9.17, 15) is 23.1 Å². The van der Waals surface area contributed by atoms with Gasteiger partial charge in [-0.25, -0.2) is 0 Å². The number of rotatable bonds is 3. The molecule has 126 valence electrons. The maximum atomic E-state index is 13.0. The van der Waals surface area contributed by atoms with Gasteiger partial charge < -0.3 is 5.11 Å². The summed E-state index contributed by atoms with van der Waals surface area (Å²) < 4.78 is 39.0. The number of aryl methyl sites for hydroxylation is 1. The average Bonchev–Trinajstić information content (AvgIpc) is 2.85. The Kier molecular flexibility index (Phi) is 4.52. The predicted octanol–water partition coefficient (Wildman–Crippen LogP) is 3.20. The number of nitrogens with zero attached hydrogens (tertiary/aromatic N) is 2. The Bertz CT molecular complexity index is 623. The number of benzene rings is 1. The van der Waals surface area contributed by atoms with Crippen molar-refractivity contribution in [2.45, 2.75) is 45.5 Å². The van der Waals surface area contributed by atoms with E-state index in [0.29, 0.717) is 5.01 Å². The fraction of sp³-hybridized carbons (Fsp3) is 0.500. The van der Waals surface area contributed by atoms with Crippen molar-refractivity contribution in [2.24, 2.45) is 11.0 Å². The molecule has 1 aromatic rings. The molecule has 0 fully saturated rings. The third-order valence-corrected chi connectivity index (χ3v) is 3.84. The van der Waals surface area contributed by atoms with Crippen LogP contribution in [-0.2, 0) is 16.9 Å². The first-order valence-corrected chi connectivity index (χ1v) is 7.40. The quantitative estimate of drug-likeness (QED) is 0.926. The van der Waals surface area contributed by atoms with Crippen LogP contribution < -0.4 is 0 Å². The van der Waals surface area contributed by atoms with Gasteiger partial charge in [-0.05, 0) is 12.0 Å². The number of carbonyl (C=O) groups is 1. The van der Waals surface area contributed by atoms with Crippen molar-refractivity contribution in [3.05, 3.63) is 35.4 Å². The molecule has 0 aromatic heterocycles. The largest absolute Gasteiger partial charge is 0.431 e. The Balaban J connectivity index is 2.47. The lowest BCUT2D eigenvalue weighted by Gasteiger charge is -2.32. The molecule has 0 bridgehead atoms. The zero-order chi connectivity index (χ0) is 17.4. The highest BCUT2D eigenvalue weighted by molar-refractivity contribution is 5.94. The molecule has 0 unspecified atom stereocenters. The van der Waals surface area contributed by atoms with Gasteiger partial charge >= 0.3 is 6.18 Å². The highest BCUT2D eigenvalue weighted by Crippen LogP contribution is 2.40. The first-order chi connectivity index (χ1) is 10.6. The molecule has 1 aromatic carbocycles. The van der Waals surface area contributed by atoms with Gasteiger partial charge in [-0.2, -0.15) is 23.3 Å². The van der Waals surface area contributed by atoms with Crippen molar-refractivity contribution < 1.29 is 23.1 Å². The number of carbonyl (C=O) groups excluding carboxylic acids is 1. The molecule has 4 nitrogen and oxygen atoms in total. The van der Waals surface area contributed by atoms with Crippen LogP contribution in [0.4, 0.5) is 13.2 Å². The van der Waals surface area contributed by atoms with Crippen LogP contribution in [0.2, 0.25) is 0 Å². The first kappa shape index (κ1) is 17.5. The molecular formula is C16H19F3N2O2. The van der Waals surface area contributed by atoms with E-state index in [1.165, 1.54) is 12.1 Å². The van der Waals surface area contributed by atoms with Crippen LogP contribution in [0.25, 0.3) is 0 Å². The summed E-state index contributed by atoms with van der Waals surface area (Å²) in [5.74, 6) is -1.25. The highest BCUT2D eigenvalue weighted by atomic mass is 19.4. The van der Waals surface area contributed by atoms with Crippen molar-refractivity contribution in [3.63, 3.8) is 0 Å². The average molecular weight is 328 g/mol. The van der Waals surface area contributed by atoms with E-state index in [1.807, 2.05) is 6.92 Å². The molecule has 0 radical (unpaired) electrons. The van der Waals surface area contributed by atoms with Crippen molar-refractivity contribution in [2.75, 3.05) is 0 Å². The summed E-state index contributed by atoms with van der Waals surface area (Å²) in [4.78, 5) is 12.2. The maximum Gasteiger partial charge on any atom is 0.431 e. The first-order valence-electron chi connectivity index (χ1n) is 7.40. The second-order valence-corrected chi connectivity index (χ2v) is 5.89. The zero-order valence-corrected chi connectivity index (χ0v) is 13.2. The molecule has 0 saturated carbocycles. The number of aliphatic hydroxyl groups is 1. The van der Waals surface area contributed by atoms with Gasteiger partial charge in [0.25, 0.3) is 0 Å². The Hall–Kier alpha value is -1.89. The van der Waals surface area contributed by atoms with E-state index < -0.39 is 35.9 Å². The molecule has 7 heteroatoms. The lowest BCUT2D eigenvalue weighted by molar-refractivity contribution is -0.161. The normalized spacial score (nSPS) is 21.7. The maximum absolute atomic E-state index is 13.0. The van der Waals surface area contributed by atoms with Gasteiger partial charge in [-0.3, -0.25) is 4.79 Å². The molecule has 1 amide bonds. The number of hydrazone groups is 1. The Morgan fingerprint density at radius 2 is 1.91 bits per heavy atom. The van der Waals surface area contributed by atoms with Crippen LogP contribution in [0.3, 0.4) is 0 Å². The topological polar surface area (TPSA) is 52.9 Å². The Labute approximate surface area is 132 Å². The summed E-state index contributed by atoms with van der Waals surface area (Å²) >= 11 is 0. The molecule has 1 atom stereocenters. The zero-order valence-electron chi connectivity index (χ0n) is 13.2. The van der Waals surface area contributed by atoms with E-state index in [-0.39, 0.29) is 5.56 Å². The standard InChI is InChI=1S/C16H19F3N2O2/c1-4-11-5-7-12(8-6-11)15(23)9-13(16(17,18)19)20-21(15)14(22)10(2)3/h5-8,10,23H,4,9H2,1-3H3/t15-/m1/s1. The second-order valence-electron chi connectivity index (χ2n) is 5.89. The smallest absolute Gasteiger partial charge is 0.365 e. The summed E-state index contributed by atoms with van der Waals surface area (Å²) in [5.41, 5.74) is -2.08. The highest BCUT2D eigenvalue weighted by Gasteiger charge is 2.53. The van der Waals surface area contributed by atoms with Crippen LogP contribution in [-0.4, -0.2) is 27.9 Å². The molecule has 1 aliphatic rings. The van der Waals surface area contributed by atoms with Crippen molar-refractivity contribution in [1.82, 2.24) is 5.01 Å². The number of alkyl halides is 3. The molecule has 1 heterocycles. The molecule has 2 rings (SSSR count). The van der Waals surface area contributed by atoms with Gasteiger partial charge in [0.1, 0.15) is 5.71 Å².